The fourth-order valence-electron chi connectivity index (χ4n) is 1.27. The molecule has 102 valence electrons. The molecule has 0 saturated carbocycles. The molecule has 0 fully saturated rings. The van der Waals surface area contributed by atoms with Gasteiger partial charge in [0, 0.05) is 18.4 Å². The minimum Gasteiger partial charge on any atom is -0.352 e. The third-order valence-corrected chi connectivity index (χ3v) is 3.30. The van der Waals surface area contributed by atoms with Crippen molar-refractivity contribution in [1.82, 2.24) is 5.32 Å². The Labute approximate surface area is 113 Å². The summed E-state index contributed by atoms with van der Waals surface area (Å²) in [5.74, 6) is -0.288. The summed E-state index contributed by atoms with van der Waals surface area (Å²) in [7, 11) is -3.28. The Balaban J connectivity index is 0.00000289. The Morgan fingerprint density at radius 2 is 2.06 bits per heavy atom. The normalized spacial score (nSPS) is 10.6. The van der Waals surface area contributed by atoms with E-state index < -0.39 is 9.84 Å². The van der Waals surface area contributed by atoms with Crippen molar-refractivity contribution in [3.63, 3.8) is 0 Å². The van der Waals surface area contributed by atoms with E-state index in [2.05, 4.69) is 5.32 Å². The molecular formula is C11H17ClN2O3S. The summed E-state index contributed by atoms with van der Waals surface area (Å²) in [6, 6.07) is 5.96. The van der Waals surface area contributed by atoms with Crippen molar-refractivity contribution in [3.05, 3.63) is 29.8 Å². The van der Waals surface area contributed by atoms with Gasteiger partial charge in [-0.15, -0.1) is 12.4 Å². The first kappa shape index (κ1) is 16.9. The van der Waals surface area contributed by atoms with Gasteiger partial charge in [0.15, 0.2) is 9.84 Å². The van der Waals surface area contributed by atoms with Crippen molar-refractivity contribution in [2.24, 2.45) is 5.73 Å². The molecule has 0 atom stereocenters. The first-order valence-electron chi connectivity index (χ1n) is 5.23. The van der Waals surface area contributed by atoms with Crippen LogP contribution in [0.15, 0.2) is 29.2 Å². The third kappa shape index (κ3) is 5.03. The van der Waals surface area contributed by atoms with Crippen LogP contribution in [0.3, 0.4) is 0 Å². The van der Waals surface area contributed by atoms with Gasteiger partial charge in [-0.3, -0.25) is 4.79 Å². The van der Waals surface area contributed by atoms with Crippen LogP contribution < -0.4 is 11.1 Å². The number of sulfone groups is 1. The second kappa shape index (κ2) is 7.35. The average Bonchev–Trinajstić information content (AvgIpc) is 2.28. The van der Waals surface area contributed by atoms with Crippen LogP contribution in [0.5, 0.6) is 0 Å². The van der Waals surface area contributed by atoms with Crippen LogP contribution in [0.4, 0.5) is 0 Å². The Morgan fingerprint density at radius 3 is 2.61 bits per heavy atom. The van der Waals surface area contributed by atoms with Gasteiger partial charge in [-0.1, -0.05) is 6.07 Å². The number of halogens is 1. The highest BCUT2D eigenvalue weighted by Crippen LogP contribution is 2.11. The minimum atomic E-state index is -3.28. The summed E-state index contributed by atoms with van der Waals surface area (Å²) in [6.45, 7) is 0.988. The van der Waals surface area contributed by atoms with Gasteiger partial charge in [0.2, 0.25) is 0 Å². The second-order valence-corrected chi connectivity index (χ2v) is 5.71. The molecule has 0 aromatic heterocycles. The number of rotatable bonds is 5. The molecule has 1 aromatic carbocycles. The molecule has 3 N–H and O–H groups in total. The Bertz CT molecular complexity index is 503. The molecule has 0 unspecified atom stereocenters. The van der Waals surface area contributed by atoms with Crippen molar-refractivity contribution in [1.29, 1.82) is 0 Å². The molecule has 5 nitrogen and oxygen atoms in total. The molecular weight excluding hydrogens is 276 g/mol. The number of nitrogens with one attached hydrogen (secondary N) is 1. The van der Waals surface area contributed by atoms with Crippen molar-refractivity contribution < 1.29 is 13.2 Å². The number of amides is 1. The zero-order valence-electron chi connectivity index (χ0n) is 10.0. The predicted molar refractivity (Wildman–Crippen MR) is 72.8 cm³/mol. The molecule has 7 heteroatoms. The van der Waals surface area contributed by atoms with Crippen LogP contribution in [0.2, 0.25) is 0 Å². The molecule has 1 rings (SSSR count). The molecule has 0 aliphatic heterocycles. The van der Waals surface area contributed by atoms with E-state index in [1.54, 1.807) is 12.1 Å². The van der Waals surface area contributed by atoms with Gasteiger partial charge in [0.25, 0.3) is 5.91 Å². The summed E-state index contributed by atoms with van der Waals surface area (Å²) < 4.78 is 22.6. The molecule has 0 saturated heterocycles. The zero-order chi connectivity index (χ0) is 12.9. The first-order valence-corrected chi connectivity index (χ1v) is 7.12. The van der Waals surface area contributed by atoms with Gasteiger partial charge in [-0.25, -0.2) is 8.42 Å². The van der Waals surface area contributed by atoms with Crippen LogP contribution in [-0.4, -0.2) is 33.7 Å². The lowest BCUT2D eigenvalue weighted by atomic mass is 10.2. The minimum absolute atomic E-state index is 0. The number of benzene rings is 1. The Hall–Kier alpha value is -1.11. The molecule has 0 aliphatic rings. The maximum atomic E-state index is 11.7. The zero-order valence-corrected chi connectivity index (χ0v) is 11.7. The summed E-state index contributed by atoms with van der Waals surface area (Å²) in [5, 5.41) is 2.66. The van der Waals surface area contributed by atoms with Gasteiger partial charge in [-0.05, 0) is 31.2 Å². The van der Waals surface area contributed by atoms with Gasteiger partial charge in [0.05, 0.1) is 4.90 Å². The first-order chi connectivity index (χ1) is 7.95. The third-order valence-electron chi connectivity index (χ3n) is 2.19. The molecule has 0 heterocycles. The molecule has 1 aromatic rings. The number of hydrogen-bond donors (Lipinski definition) is 2. The quantitative estimate of drug-likeness (QED) is 0.777. The fraction of sp³-hybridized carbons (Fsp3) is 0.364. The molecule has 0 aliphatic carbocycles. The van der Waals surface area contributed by atoms with E-state index >= 15 is 0 Å². The van der Waals surface area contributed by atoms with Gasteiger partial charge in [0.1, 0.15) is 0 Å². The van der Waals surface area contributed by atoms with Crippen molar-refractivity contribution in [3.8, 4) is 0 Å². The Morgan fingerprint density at radius 1 is 1.39 bits per heavy atom. The fourth-order valence-corrected chi connectivity index (χ4v) is 1.94. The molecule has 0 bridgehead atoms. The molecule has 1 amide bonds. The van der Waals surface area contributed by atoms with Crippen LogP contribution >= 0.6 is 12.4 Å². The molecule has 18 heavy (non-hydrogen) atoms. The van der Waals surface area contributed by atoms with Crippen LogP contribution in [0.1, 0.15) is 16.8 Å². The monoisotopic (exact) mass is 292 g/mol. The number of carbonyl (C=O) groups is 1. The molecule has 0 spiro atoms. The summed E-state index contributed by atoms with van der Waals surface area (Å²) in [5.41, 5.74) is 5.64. The van der Waals surface area contributed by atoms with Crippen LogP contribution in [0.25, 0.3) is 0 Å². The maximum Gasteiger partial charge on any atom is 0.251 e. The Kier molecular flexibility index (Phi) is 6.90. The average molecular weight is 293 g/mol. The smallest absolute Gasteiger partial charge is 0.251 e. The van der Waals surface area contributed by atoms with Gasteiger partial charge < -0.3 is 11.1 Å². The maximum absolute atomic E-state index is 11.7. The highest BCUT2D eigenvalue weighted by Gasteiger charge is 2.10. The second-order valence-electron chi connectivity index (χ2n) is 3.70. The highest BCUT2D eigenvalue weighted by molar-refractivity contribution is 7.90. The van der Waals surface area contributed by atoms with E-state index in [-0.39, 0.29) is 23.2 Å². The largest absolute Gasteiger partial charge is 0.352 e. The van der Waals surface area contributed by atoms with Crippen LogP contribution in [0, 0.1) is 0 Å². The summed E-state index contributed by atoms with van der Waals surface area (Å²) in [6.07, 6.45) is 1.80. The van der Waals surface area contributed by atoms with E-state index in [9.17, 15) is 13.2 Å². The number of nitrogens with two attached hydrogens (primary N) is 1. The van der Waals surface area contributed by atoms with E-state index in [4.69, 9.17) is 5.73 Å². The predicted octanol–water partition coefficient (Wildman–Crippen LogP) is 0.591. The highest BCUT2D eigenvalue weighted by atomic mass is 35.5. The van der Waals surface area contributed by atoms with E-state index in [0.29, 0.717) is 25.1 Å². The van der Waals surface area contributed by atoms with Gasteiger partial charge >= 0.3 is 0 Å². The van der Waals surface area contributed by atoms with E-state index in [1.807, 2.05) is 0 Å². The lowest BCUT2D eigenvalue weighted by molar-refractivity contribution is 0.0953. The summed E-state index contributed by atoms with van der Waals surface area (Å²) >= 11 is 0. The SMILES string of the molecule is CS(=O)(=O)c1cccc(C(=O)NCCCN)c1.Cl. The topological polar surface area (TPSA) is 89.3 Å². The standard InChI is InChI=1S/C11H16N2O3S.ClH/c1-17(15,16)10-5-2-4-9(8-10)11(14)13-7-3-6-12;/h2,4-5,8H,3,6-7,12H2,1H3,(H,13,14);1H. The van der Waals surface area contributed by atoms with Gasteiger partial charge in [-0.2, -0.15) is 0 Å². The van der Waals surface area contributed by atoms with E-state index in [0.717, 1.165) is 6.26 Å². The van der Waals surface area contributed by atoms with Crippen LogP contribution in [-0.2, 0) is 9.84 Å². The number of hydrogen-bond acceptors (Lipinski definition) is 4. The summed E-state index contributed by atoms with van der Waals surface area (Å²) in [4.78, 5) is 11.8. The van der Waals surface area contributed by atoms with E-state index in [1.165, 1.54) is 12.1 Å². The lowest BCUT2D eigenvalue weighted by Gasteiger charge is -2.05. The lowest BCUT2D eigenvalue weighted by Crippen LogP contribution is -2.26. The number of carbonyl (C=O) groups excluding carboxylic acids is 1. The van der Waals surface area contributed by atoms with Crippen molar-refractivity contribution in [2.75, 3.05) is 19.3 Å². The van der Waals surface area contributed by atoms with Crippen molar-refractivity contribution >= 4 is 28.2 Å². The van der Waals surface area contributed by atoms with Crippen molar-refractivity contribution in [2.45, 2.75) is 11.3 Å². The molecule has 0 radical (unpaired) electrons.